The summed E-state index contributed by atoms with van der Waals surface area (Å²) >= 11 is 0. The summed E-state index contributed by atoms with van der Waals surface area (Å²) in [7, 11) is 1.84. The number of hydrogen-bond donors (Lipinski definition) is 2. The summed E-state index contributed by atoms with van der Waals surface area (Å²) in [6, 6.07) is 5.41. The third kappa shape index (κ3) is 3.37. The summed E-state index contributed by atoms with van der Waals surface area (Å²) in [5, 5.41) is 12.4. The van der Waals surface area contributed by atoms with Gasteiger partial charge in [-0.1, -0.05) is 6.07 Å². The molecule has 18 heavy (non-hydrogen) atoms. The van der Waals surface area contributed by atoms with Crippen LogP contribution in [0.1, 0.15) is 17.5 Å². The molecule has 0 saturated heterocycles. The Morgan fingerprint density at radius 2 is 2.22 bits per heavy atom. The number of aromatic hydroxyl groups is 1. The van der Waals surface area contributed by atoms with Crippen molar-refractivity contribution in [3.8, 4) is 5.75 Å². The van der Waals surface area contributed by atoms with Gasteiger partial charge in [0, 0.05) is 26.1 Å². The van der Waals surface area contributed by atoms with E-state index in [1.165, 1.54) is 5.56 Å². The van der Waals surface area contributed by atoms with Crippen molar-refractivity contribution in [2.24, 2.45) is 0 Å². The molecule has 0 radical (unpaired) electrons. The first-order chi connectivity index (χ1) is 8.20. The smallest absolute Gasteiger partial charge is 0.224 e. The van der Waals surface area contributed by atoms with Crippen LogP contribution in [0.4, 0.5) is 0 Å². The molecule has 4 nitrogen and oxygen atoms in total. The van der Waals surface area contributed by atoms with E-state index in [-0.39, 0.29) is 24.1 Å². The molecule has 1 aliphatic heterocycles. The van der Waals surface area contributed by atoms with Gasteiger partial charge in [0.15, 0.2) is 0 Å². The van der Waals surface area contributed by atoms with Crippen LogP contribution in [0.5, 0.6) is 5.75 Å². The summed E-state index contributed by atoms with van der Waals surface area (Å²) in [5.41, 5.74) is 2.30. The number of phenolic OH excluding ortho intramolecular Hbond substituents is 1. The number of nitrogens with zero attached hydrogens (tertiary/aromatic N) is 1. The topological polar surface area (TPSA) is 52.6 Å². The lowest BCUT2D eigenvalue weighted by atomic mass is 9.99. The number of carbonyl (C=O) groups excluding carboxylic acids is 1. The van der Waals surface area contributed by atoms with Gasteiger partial charge in [0.2, 0.25) is 5.91 Å². The first kappa shape index (κ1) is 14.8. The zero-order valence-corrected chi connectivity index (χ0v) is 11.3. The molecule has 1 heterocycles. The summed E-state index contributed by atoms with van der Waals surface area (Å²) in [6.45, 7) is 2.11. The van der Waals surface area contributed by atoms with E-state index in [0.29, 0.717) is 19.5 Å². The van der Waals surface area contributed by atoms with Gasteiger partial charge in [-0.3, -0.25) is 4.79 Å². The lowest BCUT2D eigenvalue weighted by Gasteiger charge is -2.29. The highest BCUT2D eigenvalue weighted by Gasteiger charge is 2.20. The molecule has 0 aromatic heterocycles. The highest BCUT2D eigenvalue weighted by Crippen LogP contribution is 2.23. The minimum atomic E-state index is 0. The van der Waals surface area contributed by atoms with Crippen LogP contribution in [-0.4, -0.2) is 36.1 Å². The molecule has 100 valence electrons. The predicted molar refractivity (Wildman–Crippen MR) is 73.0 cm³/mol. The Hall–Kier alpha value is -1.26. The Bertz CT molecular complexity index is 423. The second-order valence-corrected chi connectivity index (χ2v) is 4.37. The lowest BCUT2D eigenvalue weighted by molar-refractivity contribution is -0.132. The lowest BCUT2D eigenvalue weighted by Crippen LogP contribution is -2.37. The number of fused-ring (bicyclic) bond motifs is 1. The largest absolute Gasteiger partial charge is 0.508 e. The van der Waals surface area contributed by atoms with Crippen LogP contribution in [0.3, 0.4) is 0 Å². The van der Waals surface area contributed by atoms with Crippen molar-refractivity contribution < 1.29 is 9.90 Å². The number of rotatable bonds is 3. The van der Waals surface area contributed by atoms with Crippen LogP contribution in [0.15, 0.2) is 18.2 Å². The Balaban J connectivity index is 0.00000162. The summed E-state index contributed by atoms with van der Waals surface area (Å²) in [4.78, 5) is 13.7. The first-order valence-corrected chi connectivity index (χ1v) is 5.94. The van der Waals surface area contributed by atoms with Crippen LogP contribution < -0.4 is 5.32 Å². The Morgan fingerprint density at radius 3 is 2.94 bits per heavy atom. The van der Waals surface area contributed by atoms with Crippen molar-refractivity contribution in [2.45, 2.75) is 19.4 Å². The van der Waals surface area contributed by atoms with Crippen molar-refractivity contribution in [1.82, 2.24) is 10.2 Å². The van der Waals surface area contributed by atoms with Gasteiger partial charge in [-0.05, 0) is 36.7 Å². The average Bonchev–Trinajstić information content (AvgIpc) is 2.35. The molecular weight excluding hydrogens is 252 g/mol. The maximum absolute atomic E-state index is 11.9. The van der Waals surface area contributed by atoms with E-state index in [2.05, 4.69) is 5.32 Å². The Morgan fingerprint density at radius 1 is 1.44 bits per heavy atom. The molecule has 0 aliphatic carbocycles. The number of halogens is 1. The van der Waals surface area contributed by atoms with Crippen molar-refractivity contribution >= 4 is 18.3 Å². The van der Waals surface area contributed by atoms with Gasteiger partial charge in [-0.25, -0.2) is 0 Å². The summed E-state index contributed by atoms with van der Waals surface area (Å²) in [5.74, 6) is 0.446. The minimum Gasteiger partial charge on any atom is -0.508 e. The zero-order chi connectivity index (χ0) is 12.3. The molecule has 0 saturated carbocycles. The molecule has 0 atom stereocenters. The molecule has 0 unspecified atom stereocenters. The second kappa shape index (κ2) is 6.61. The van der Waals surface area contributed by atoms with E-state index >= 15 is 0 Å². The standard InChI is InChI=1S/C13H18N2O2.ClH/c1-14-6-4-13(17)15-7-5-10-2-3-12(16)8-11(10)9-15;/h2-3,8,14,16H,4-7,9H2,1H3;1H. The molecular formula is C13H19ClN2O2. The fraction of sp³-hybridized carbons (Fsp3) is 0.462. The predicted octanol–water partition coefficient (Wildman–Crippen LogP) is 1.31. The normalized spacial score (nSPS) is 13.7. The third-order valence-corrected chi connectivity index (χ3v) is 3.14. The quantitative estimate of drug-likeness (QED) is 0.871. The van der Waals surface area contributed by atoms with Crippen molar-refractivity contribution in [2.75, 3.05) is 20.1 Å². The van der Waals surface area contributed by atoms with Crippen molar-refractivity contribution in [3.63, 3.8) is 0 Å². The number of nitrogens with one attached hydrogen (secondary N) is 1. The van der Waals surface area contributed by atoms with Gasteiger partial charge in [0.1, 0.15) is 5.75 Å². The van der Waals surface area contributed by atoms with E-state index in [1.54, 1.807) is 12.1 Å². The fourth-order valence-electron chi connectivity index (χ4n) is 2.15. The second-order valence-electron chi connectivity index (χ2n) is 4.37. The number of phenols is 1. The van der Waals surface area contributed by atoms with E-state index in [9.17, 15) is 9.90 Å². The molecule has 2 rings (SSSR count). The molecule has 5 heteroatoms. The molecule has 1 amide bonds. The van der Waals surface area contributed by atoms with Crippen molar-refractivity contribution in [1.29, 1.82) is 0 Å². The van der Waals surface area contributed by atoms with Gasteiger partial charge in [0.05, 0.1) is 0 Å². The van der Waals surface area contributed by atoms with E-state index in [4.69, 9.17) is 0 Å². The Kier molecular flexibility index (Phi) is 5.44. The molecule has 1 aromatic rings. The van der Waals surface area contributed by atoms with E-state index in [0.717, 1.165) is 18.5 Å². The van der Waals surface area contributed by atoms with Gasteiger partial charge in [-0.2, -0.15) is 0 Å². The first-order valence-electron chi connectivity index (χ1n) is 5.94. The highest BCUT2D eigenvalue weighted by molar-refractivity contribution is 5.85. The Labute approximate surface area is 113 Å². The number of carbonyl (C=O) groups is 1. The van der Waals surface area contributed by atoms with Crippen LogP contribution in [0, 0.1) is 0 Å². The minimum absolute atomic E-state index is 0. The van der Waals surface area contributed by atoms with Gasteiger partial charge < -0.3 is 15.3 Å². The molecule has 1 aliphatic rings. The van der Waals surface area contributed by atoms with Crippen LogP contribution >= 0.6 is 12.4 Å². The van der Waals surface area contributed by atoms with Crippen LogP contribution in [0.2, 0.25) is 0 Å². The number of benzene rings is 1. The summed E-state index contributed by atoms with van der Waals surface area (Å²) in [6.07, 6.45) is 1.41. The number of hydrogen-bond acceptors (Lipinski definition) is 3. The molecule has 0 fully saturated rings. The van der Waals surface area contributed by atoms with Crippen LogP contribution in [0.25, 0.3) is 0 Å². The van der Waals surface area contributed by atoms with Gasteiger partial charge >= 0.3 is 0 Å². The van der Waals surface area contributed by atoms with E-state index < -0.39 is 0 Å². The molecule has 2 N–H and O–H groups in total. The highest BCUT2D eigenvalue weighted by atomic mass is 35.5. The van der Waals surface area contributed by atoms with Gasteiger partial charge in [0.25, 0.3) is 0 Å². The van der Waals surface area contributed by atoms with Crippen LogP contribution in [-0.2, 0) is 17.8 Å². The van der Waals surface area contributed by atoms with Gasteiger partial charge in [-0.15, -0.1) is 12.4 Å². The maximum Gasteiger partial charge on any atom is 0.224 e. The average molecular weight is 271 g/mol. The monoisotopic (exact) mass is 270 g/mol. The molecule has 0 bridgehead atoms. The molecule has 1 aromatic carbocycles. The summed E-state index contributed by atoms with van der Waals surface area (Å²) < 4.78 is 0. The third-order valence-electron chi connectivity index (χ3n) is 3.14. The number of amides is 1. The van der Waals surface area contributed by atoms with E-state index in [1.807, 2.05) is 18.0 Å². The SMILES string of the molecule is CNCCC(=O)N1CCc2ccc(O)cc2C1.Cl. The molecule has 0 spiro atoms. The van der Waals surface area contributed by atoms with Crippen molar-refractivity contribution in [3.05, 3.63) is 29.3 Å². The fourth-order valence-corrected chi connectivity index (χ4v) is 2.15. The maximum atomic E-state index is 11.9. The zero-order valence-electron chi connectivity index (χ0n) is 10.5.